The lowest BCUT2D eigenvalue weighted by molar-refractivity contribution is -0.114. The molecule has 0 fully saturated rings. The van der Waals surface area contributed by atoms with Crippen molar-refractivity contribution >= 4 is 23.4 Å². The summed E-state index contributed by atoms with van der Waals surface area (Å²) in [7, 11) is 0. The maximum absolute atomic E-state index is 12.5. The minimum atomic E-state index is -0.806. The van der Waals surface area contributed by atoms with Gasteiger partial charge in [-0.2, -0.15) is 0 Å². The van der Waals surface area contributed by atoms with E-state index in [1.807, 2.05) is 0 Å². The third-order valence-corrected chi connectivity index (χ3v) is 4.26. The van der Waals surface area contributed by atoms with Crippen LogP contribution >= 0.6 is 11.6 Å². The molecule has 0 saturated carbocycles. The van der Waals surface area contributed by atoms with E-state index >= 15 is 0 Å². The Hall–Kier alpha value is -2.27. The molecule has 6 heteroatoms. The first kappa shape index (κ1) is 19.1. The zero-order valence-corrected chi connectivity index (χ0v) is 14.5. The Labute approximate surface area is 151 Å². The largest absolute Gasteiger partial charge is 0.507 e. The monoisotopic (exact) mass is 362 g/mol. The summed E-state index contributed by atoms with van der Waals surface area (Å²) in [5.74, 6) is -2.29. The number of esters is 1. The van der Waals surface area contributed by atoms with Gasteiger partial charge in [0.2, 0.25) is 0 Å². The molecular weight excluding hydrogens is 344 g/mol. The van der Waals surface area contributed by atoms with E-state index in [4.69, 9.17) is 23.3 Å². The molecule has 1 aliphatic rings. The lowest BCUT2D eigenvalue weighted by atomic mass is 9.99. The number of hydrogen-bond donors (Lipinski definition) is 2. The van der Waals surface area contributed by atoms with E-state index in [-0.39, 0.29) is 34.3 Å². The van der Waals surface area contributed by atoms with Crippen LogP contribution in [0.1, 0.15) is 35.7 Å². The van der Waals surface area contributed by atoms with Crippen LogP contribution in [0.25, 0.3) is 0 Å². The van der Waals surface area contributed by atoms with Crippen LogP contribution in [0.5, 0.6) is 11.5 Å². The fourth-order valence-electron chi connectivity index (χ4n) is 2.50. The predicted molar refractivity (Wildman–Crippen MR) is 93.7 cm³/mol. The number of benzene rings is 1. The second-order valence-corrected chi connectivity index (χ2v) is 6.30. The molecule has 1 aliphatic heterocycles. The van der Waals surface area contributed by atoms with Crippen LogP contribution in [0.4, 0.5) is 0 Å². The van der Waals surface area contributed by atoms with Crippen molar-refractivity contribution in [2.45, 2.75) is 32.3 Å². The van der Waals surface area contributed by atoms with Gasteiger partial charge in [0.05, 0.1) is 11.1 Å². The van der Waals surface area contributed by atoms with Crippen LogP contribution in [0.15, 0.2) is 30.4 Å². The maximum Gasteiger partial charge on any atom is 0.342 e. The Balaban J connectivity index is 2.49. The highest BCUT2D eigenvalue weighted by atomic mass is 35.5. The van der Waals surface area contributed by atoms with Crippen LogP contribution in [0, 0.1) is 12.8 Å². The molecule has 1 aromatic rings. The van der Waals surface area contributed by atoms with E-state index in [1.165, 1.54) is 6.08 Å². The normalized spacial score (nSPS) is 24.8. The van der Waals surface area contributed by atoms with Crippen LogP contribution < -0.4 is 0 Å². The molecule has 1 heterocycles. The fraction of sp³-hybridized carbons (Fsp3) is 0.316. The maximum atomic E-state index is 12.5. The van der Waals surface area contributed by atoms with E-state index in [9.17, 15) is 19.8 Å². The summed E-state index contributed by atoms with van der Waals surface area (Å²) in [4.78, 5) is 24.6. The predicted octanol–water partition coefficient (Wildman–Crippen LogP) is 3.64. The Morgan fingerprint density at radius 3 is 2.64 bits per heavy atom. The summed E-state index contributed by atoms with van der Waals surface area (Å²) < 4.78 is 5.33. The number of carbonyl (C=O) groups excluding carboxylic acids is 2. The van der Waals surface area contributed by atoms with Crippen LogP contribution in [-0.4, -0.2) is 28.1 Å². The summed E-state index contributed by atoms with van der Waals surface area (Å²) >= 11 is 6.04. The molecule has 25 heavy (non-hydrogen) atoms. The number of allylic oxidation sites excluding steroid dienone is 4. The second-order valence-electron chi connectivity index (χ2n) is 5.93. The Kier molecular flexibility index (Phi) is 6.26. The zero-order valence-electron chi connectivity index (χ0n) is 13.7. The number of aromatic hydroxyl groups is 2. The highest BCUT2D eigenvalue weighted by Crippen LogP contribution is 2.37. The lowest BCUT2D eigenvalue weighted by Gasteiger charge is -2.18. The number of ketones is 1. The van der Waals surface area contributed by atoms with E-state index in [0.717, 1.165) is 6.07 Å². The first-order chi connectivity index (χ1) is 11.8. The number of ether oxygens (including phenoxy) is 1. The van der Waals surface area contributed by atoms with E-state index in [1.54, 1.807) is 25.2 Å². The Morgan fingerprint density at radius 1 is 1.20 bits per heavy atom. The second kappa shape index (κ2) is 8.21. The molecule has 2 radical (unpaired) electrons. The summed E-state index contributed by atoms with van der Waals surface area (Å²) in [5.41, 5.74) is -0.183. The van der Waals surface area contributed by atoms with Crippen molar-refractivity contribution in [2.75, 3.05) is 0 Å². The van der Waals surface area contributed by atoms with Crippen LogP contribution in [0.2, 0.25) is 5.02 Å². The van der Waals surface area contributed by atoms with Crippen molar-refractivity contribution < 1.29 is 24.5 Å². The van der Waals surface area contributed by atoms with Gasteiger partial charge in [-0.15, -0.1) is 0 Å². The molecule has 0 bridgehead atoms. The smallest absolute Gasteiger partial charge is 0.342 e. The molecule has 5 nitrogen and oxygen atoms in total. The third-order valence-electron chi connectivity index (χ3n) is 3.84. The van der Waals surface area contributed by atoms with Crippen LogP contribution in [-0.2, 0) is 16.0 Å². The summed E-state index contributed by atoms with van der Waals surface area (Å²) in [6.07, 6.45) is 6.69. The van der Waals surface area contributed by atoms with Crippen molar-refractivity contribution in [3.63, 3.8) is 0 Å². The summed E-state index contributed by atoms with van der Waals surface area (Å²) in [6.45, 7) is 7.63. The number of fused-ring (bicyclic) bond motifs is 1. The highest BCUT2D eigenvalue weighted by molar-refractivity contribution is 6.33. The number of hydrogen-bond acceptors (Lipinski definition) is 5. The Morgan fingerprint density at radius 2 is 1.92 bits per heavy atom. The van der Waals surface area contributed by atoms with Gasteiger partial charge in [0.25, 0.3) is 0 Å². The molecule has 0 unspecified atom stereocenters. The molecular formula is C19H19ClO5. The number of cyclic esters (lactones) is 1. The summed E-state index contributed by atoms with van der Waals surface area (Å²) in [5, 5.41) is 19.7. The van der Waals surface area contributed by atoms with Gasteiger partial charge in [-0.25, -0.2) is 4.79 Å². The topological polar surface area (TPSA) is 83.8 Å². The van der Waals surface area contributed by atoms with Gasteiger partial charge in [0.1, 0.15) is 17.1 Å². The summed E-state index contributed by atoms with van der Waals surface area (Å²) in [6, 6.07) is 0.954. The van der Waals surface area contributed by atoms with Gasteiger partial charge in [-0.05, 0) is 38.7 Å². The molecule has 1 aromatic carbocycles. The average molecular weight is 363 g/mol. The van der Waals surface area contributed by atoms with Crippen molar-refractivity contribution in [1.82, 2.24) is 0 Å². The first-order valence-corrected chi connectivity index (χ1v) is 8.25. The Bertz CT molecular complexity index is 736. The number of carbonyl (C=O) groups is 2. The van der Waals surface area contributed by atoms with Crippen molar-refractivity contribution in [3.05, 3.63) is 53.4 Å². The van der Waals surface area contributed by atoms with Gasteiger partial charge in [0, 0.05) is 18.1 Å². The third kappa shape index (κ3) is 4.86. The van der Waals surface area contributed by atoms with Gasteiger partial charge in [0.15, 0.2) is 5.78 Å². The van der Waals surface area contributed by atoms with Crippen molar-refractivity contribution in [2.24, 2.45) is 5.92 Å². The van der Waals surface area contributed by atoms with Gasteiger partial charge < -0.3 is 14.9 Å². The van der Waals surface area contributed by atoms with E-state index < -0.39 is 23.6 Å². The van der Waals surface area contributed by atoms with E-state index in [0.29, 0.717) is 12.8 Å². The number of phenols is 2. The SMILES string of the molecule is [CH][C@@H]1/C=C\C=C\C(=O)Cc2c(Cl)c(O)cc(O)c2C(=O)O[C@H](C)CC1. The molecule has 2 N–H and O–H groups in total. The molecule has 2 rings (SSSR count). The minimum Gasteiger partial charge on any atom is -0.507 e. The molecule has 0 saturated heterocycles. The van der Waals surface area contributed by atoms with Gasteiger partial charge >= 0.3 is 5.97 Å². The van der Waals surface area contributed by atoms with Gasteiger partial charge in [-0.1, -0.05) is 29.8 Å². The number of halogens is 1. The molecule has 0 aromatic heterocycles. The lowest BCUT2D eigenvalue weighted by Crippen LogP contribution is -2.18. The van der Waals surface area contributed by atoms with Crippen molar-refractivity contribution in [1.29, 1.82) is 0 Å². The minimum absolute atomic E-state index is 0.0313. The molecule has 132 valence electrons. The number of rotatable bonds is 0. The first-order valence-electron chi connectivity index (χ1n) is 7.87. The molecule has 0 aliphatic carbocycles. The molecule has 2 atom stereocenters. The zero-order chi connectivity index (χ0) is 18.6. The highest BCUT2D eigenvalue weighted by Gasteiger charge is 2.26. The average Bonchev–Trinajstić information content (AvgIpc) is 2.53. The number of phenolic OH excluding ortho intramolecular Hbond substituents is 2. The van der Waals surface area contributed by atoms with Crippen molar-refractivity contribution in [3.8, 4) is 11.5 Å². The standard InChI is InChI=1S/C19H19ClO5/c1-11-5-3-4-6-13(21)9-14-17(15(22)10-16(23)18(14)20)19(24)25-12(2)8-7-11/h1,3-6,10-12,22-23H,7-9H2,2H3/b5-3-,6-4+/t11-,12-/m1/s1. The quantitative estimate of drug-likeness (QED) is 0.688. The van der Waals surface area contributed by atoms with E-state index in [2.05, 4.69) is 0 Å². The van der Waals surface area contributed by atoms with Gasteiger partial charge in [-0.3, -0.25) is 4.79 Å². The fourth-order valence-corrected chi connectivity index (χ4v) is 2.72. The van der Waals surface area contributed by atoms with Crippen LogP contribution in [0.3, 0.4) is 0 Å². The molecule has 0 amide bonds. The molecule has 0 spiro atoms.